The van der Waals surface area contributed by atoms with Gasteiger partial charge in [-0.15, -0.1) is 0 Å². The number of benzene rings is 2. The van der Waals surface area contributed by atoms with Gasteiger partial charge in [-0.05, 0) is 48.9 Å². The van der Waals surface area contributed by atoms with Crippen molar-refractivity contribution in [1.29, 1.82) is 0 Å². The number of carboxylic acids is 2. The zero-order valence-corrected chi connectivity index (χ0v) is 23.6. The van der Waals surface area contributed by atoms with E-state index in [9.17, 15) is 42.2 Å². The standard InChI is InChI=1S/C25H22F4N4O4.C4H4O4/c1-12-3-4-13(16(26)9-12)10-31-23(35)21-22(17(30)11-34)37-24(33-21)15-5-7-18(36-2)20-14(15)6-8-19(32-20)25(27,28)29;5-3(6)1-2-4(7)8/h3-9,17,34H,10-11,30H2,1-2H3,(H,31,35);1-2H,(H,5,6)(H,7,8)/b;2-1-/t17-;/m0./s1. The van der Waals surface area contributed by atoms with Crippen LogP contribution in [0.4, 0.5) is 17.6 Å². The molecule has 1 amide bonds. The van der Waals surface area contributed by atoms with Gasteiger partial charge in [-0.25, -0.2) is 19.2 Å². The van der Waals surface area contributed by atoms with Crippen LogP contribution in [0.25, 0.3) is 22.4 Å². The summed E-state index contributed by atoms with van der Waals surface area (Å²) in [6, 6.07) is 8.65. The van der Waals surface area contributed by atoms with Crippen molar-refractivity contribution in [2.75, 3.05) is 13.7 Å². The fraction of sp³-hybridized carbons (Fsp3) is 0.207. The zero-order chi connectivity index (χ0) is 33.5. The summed E-state index contributed by atoms with van der Waals surface area (Å²) in [5.74, 6) is -4.03. The fourth-order valence-corrected chi connectivity index (χ4v) is 3.86. The molecule has 0 fully saturated rings. The lowest BCUT2D eigenvalue weighted by atomic mass is 10.1. The summed E-state index contributed by atoms with van der Waals surface area (Å²) in [6.07, 6.45) is -3.73. The highest BCUT2D eigenvalue weighted by Gasteiger charge is 2.33. The number of ether oxygens (including phenoxy) is 1. The van der Waals surface area contributed by atoms with Gasteiger partial charge >= 0.3 is 12.1 Å². The predicted octanol–water partition coefficient (Wildman–Crippen LogP) is 1.95. The fourth-order valence-electron chi connectivity index (χ4n) is 3.86. The van der Waals surface area contributed by atoms with Crippen LogP contribution in [0.5, 0.6) is 5.75 Å². The quantitative estimate of drug-likeness (QED) is 0.156. The van der Waals surface area contributed by atoms with Crippen LogP contribution >= 0.6 is 0 Å². The van der Waals surface area contributed by atoms with Gasteiger partial charge in [0.05, 0.1) is 13.1 Å². The number of hydrogen-bond acceptors (Lipinski definition) is 9. The van der Waals surface area contributed by atoms with Gasteiger partial charge in [0.25, 0.3) is 5.91 Å². The third kappa shape index (κ3) is 8.61. The van der Waals surface area contributed by atoms with Gasteiger partial charge in [0, 0.05) is 29.1 Å². The largest absolute Gasteiger partial charge is 0.545 e. The molecule has 0 spiro atoms. The van der Waals surface area contributed by atoms with Gasteiger partial charge in [0.2, 0.25) is 5.89 Å². The number of aromatic nitrogens is 2. The molecule has 45 heavy (non-hydrogen) atoms. The summed E-state index contributed by atoms with van der Waals surface area (Å²) in [5, 5.41) is 29.7. The molecule has 16 heteroatoms. The van der Waals surface area contributed by atoms with E-state index in [2.05, 4.69) is 21.0 Å². The molecule has 0 aliphatic rings. The number of quaternary nitrogens is 1. The number of aliphatic carboxylic acids is 2. The van der Waals surface area contributed by atoms with E-state index in [1.807, 2.05) is 0 Å². The van der Waals surface area contributed by atoms with E-state index in [1.165, 1.54) is 31.4 Å². The predicted molar refractivity (Wildman–Crippen MR) is 146 cm³/mol. The van der Waals surface area contributed by atoms with E-state index in [0.717, 1.165) is 11.6 Å². The number of carbonyl (C=O) groups is 3. The van der Waals surface area contributed by atoms with Gasteiger partial charge in [0.1, 0.15) is 29.4 Å². The third-order valence-corrected chi connectivity index (χ3v) is 6.03. The molecule has 2 aromatic carbocycles. The number of aliphatic hydroxyl groups is 1. The Balaban J connectivity index is 0.000000610. The molecule has 2 heterocycles. The molecular weight excluding hydrogens is 608 g/mol. The second-order valence-corrected chi connectivity index (χ2v) is 9.29. The Morgan fingerprint density at radius 3 is 2.40 bits per heavy atom. The number of amides is 1. The Morgan fingerprint density at radius 2 is 1.84 bits per heavy atom. The number of rotatable bonds is 9. The molecule has 0 saturated heterocycles. The van der Waals surface area contributed by atoms with Crippen LogP contribution in [0.3, 0.4) is 0 Å². The summed E-state index contributed by atoms with van der Waals surface area (Å²) in [4.78, 5) is 39.9. The van der Waals surface area contributed by atoms with Gasteiger partial charge < -0.3 is 40.3 Å². The highest BCUT2D eigenvalue weighted by molar-refractivity contribution is 5.98. The zero-order valence-electron chi connectivity index (χ0n) is 23.6. The average Bonchev–Trinajstić information content (AvgIpc) is 3.43. The maximum absolute atomic E-state index is 14.2. The first-order chi connectivity index (χ1) is 21.2. The lowest BCUT2D eigenvalue weighted by molar-refractivity contribution is -0.436. The Kier molecular flexibility index (Phi) is 10.9. The average molecular weight is 635 g/mol. The monoisotopic (exact) mass is 634 g/mol. The van der Waals surface area contributed by atoms with Crippen molar-refractivity contribution < 1.29 is 62.2 Å². The number of carboxylic acid groups (broad SMARTS) is 2. The minimum absolute atomic E-state index is 0.0387. The lowest BCUT2D eigenvalue weighted by Gasteiger charge is -2.11. The normalized spacial score (nSPS) is 12.0. The van der Waals surface area contributed by atoms with Gasteiger partial charge in [-0.1, -0.05) is 12.1 Å². The third-order valence-electron chi connectivity index (χ3n) is 6.03. The molecule has 0 aliphatic carbocycles. The van der Waals surface area contributed by atoms with Crippen molar-refractivity contribution in [3.05, 3.63) is 88.7 Å². The number of nitrogens with zero attached hydrogens (tertiary/aromatic N) is 2. The molecule has 0 unspecified atom stereocenters. The number of pyridine rings is 1. The van der Waals surface area contributed by atoms with E-state index in [0.29, 0.717) is 12.2 Å². The Bertz CT molecular complexity index is 1740. The summed E-state index contributed by atoms with van der Waals surface area (Å²) in [6.45, 7) is 1.13. The van der Waals surface area contributed by atoms with Crippen LogP contribution in [0.15, 0.2) is 59.0 Å². The Hall–Kier alpha value is -5.35. The first-order valence-electron chi connectivity index (χ1n) is 12.8. The van der Waals surface area contributed by atoms with E-state index >= 15 is 0 Å². The molecule has 12 nitrogen and oxygen atoms in total. The second-order valence-electron chi connectivity index (χ2n) is 9.29. The van der Waals surface area contributed by atoms with Crippen LogP contribution in [-0.2, 0) is 22.3 Å². The summed E-state index contributed by atoms with van der Waals surface area (Å²) < 4.78 is 64.9. The summed E-state index contributed by atoms with van der Waals surface area (Å²) in [7, 11) is 1.30. The number of carbonyl (C=O) groups excluding carboxylic acids is 2. The smallest absolute Gasteiger partial charge is 0.433 e. The van der Waals surface area contributed by atoms with Gasteiger partial charge in [0.15, 0.2) is 17.5 Å². The number of aryl methyl sites for hydroxylation is 1. The molecule has 0 saturated carbocycles. The van der Waals surface area contributed by atoms with Crippen molar-refractivity contribution in [3.63, 3.8) is 0 Å². The Morgan fingerprint density at radius 1 is 1.13 bits per heavy atom. The van der Waals surface area contributed by atoms with Gasteiger partial charge in [-0.3, -0.25) is 4.79 Å². The Labute approximate surface area is 251 Å². The minimum Gasteiger partial charge on any atom is -0.545 e. The van der Waals surface area contributed by atoms with Crippen LogP contribution in [0.2, 0.25) is 0 Å². The number of fused-ring (bicyclic) bond motifs is 1. The van der Waals surface area contributed by atoms with Crippen molar-refractivity contribution in [3.8, 4) is 17.2 Å². The van der Waals surface area contributed by atoms with Crippen molar-refractivity contribution in [1.82, 2.24) is 15.3 Å². The molecule has 2 aromatic heterocycles. The van der Waals surface area contributed by atoms with Gasteiger partial charge in [-0.2, -0.15) is 13.2 Å². The number of halogens is 4. The molecule has 0 bridgehead atoms. The van der Waals surface area contributed by atoms with Crippen LogP contribution in [0, 0.1) is 12.7 Å². The van der Waals surface area contributed by atoms with E-state index in [1.54, 1.807) is 19.1 Å². The molecule has 4 rings (SSSR count). The van der Waals surface area contributed by atoms with Crippen LogP contribution in [0.1, 0.15) is 39.1 Å². The molecule has 0 aliphatic heterocycles. The molecule has 238 valence electrons. The SMILES string of the molecule is COc1ccc(-c2nc(C(=O)NCc3ccc(C)cc3F)c([C@@H]([NH3+])CO)o2)c2ccc(C(F)(F)F)nc12.O=C([O-])/C=C\C(=O)O. The highest BCUT2D eigenvalue weighted by Crippen LogP contribution is 2.37. The first kappa shape index (κ1) is 34.1. The van der Waals surface area contributed by atoms with E-state index in [-0.39, 0.29) is 51.7 Å². The number of hydrogen-bond donors (Lipinski definition) is 4. The maximum atomic E-state index is 14.2. The summed E-state index contributed by atoms with van der Waals surface area (Å²) in [5.41, 5.74) is 3.61. The molecule has 6 N–H and O–H groups in total. The van der Waals surface area contributed by atoms with Crippen LogP contribution in [-0.4, -0.2) is 51.7 Å². The summed E-state index contributed by atoms with van der Waals surface area (Å²) >= 11 is 0. The lowest BCUT2D eigenvalue weighted by Crippen LogP contribution is -2.55. The number of methoxy groups -OCH3 is 1. The number of aliphatic hydroxyl groups excluding tert-OH is 1. The highest BCUT2D eigenvalue weighted by atomic mass is 19.4. The number of alkyl halides is 3. The topological polar surface area (TPSA) is 203 Å². The molecule has 0 radical (unpaired) electrons. The number of nitrogens with one attached hydrogen (secondary N) is 1. The first-order valence-corrected chi connectivity index (χ1v) is 12.8. The number of oxazole rings is 1. The molecular formula is C29H26F4N4O8. The van der Waals surface area contributed by atoms with E-state index in [4.69, 9.17) is 14.3 Å². The van der Waals surface area contributed by atoms with Crippen molar-refractivity contribution >= 4 is 28.7 Å². The molecule has 1 atom stereocenters. The van der Waals surface area contributed by atoms with Crippen LogP contribution < -0.4 is 20.9 Å². The maximum Gasteiger partial charge on any atom is 0.433 e. The van der Waals surface area contributed by atoms with Crippen molar-refractivity contribution in [2.24, 2.45) is 0 Å². The van der Waals surface area contributed by atoms with Crippen molar-refractivity contribution in [2.45, 2.75) is 25.7 Å². The molecule has 4 aromatic rings. The van der Waals surface area contributed by atoms with E-state index < -0.39 is 48.2 Å². The second kappa shape index (κ2) is 14.4. The minimum atomic E-state index is -4.67.